The lowest BCUT2D eigenvalue weighted by atomic mass is 9.91. The zero-order valence-electron chi connectivity index (χ0n) is 9.19. The first kappa shape index (κ1) is 11.3. The van der Waals surface area contributed by atoms with E-state index >= 15 is 0 Å². The molecular weight excluding hydrogens is 224 g/mol. The number of carboxylic acids is 1. The van der Waals surface area contributed by atoms with Crippen molar-refractivity contribution in [2.75, 3.05) is 13.7 Å². The molecule has 1 unspecified atom stereocenters. The number of urea groups is 1. The number of rotatable bonds is 3. The molecular formula is C11H12N2O4. The van der Waals surface area contributed by atoms with E-state index < -0.39 is 17.5 Å². The van der Waals surface area contributed by atoms with Gasteiger partial charge in [-0.25, -0.2) is 9.59 Å². The largest absolute Gasteiger partial charge is 0.497 e. The number of hydrogen-bond acceptors (Lipinski definition) is 3. The molecule has 1 aliphatic heterocycles. The maximum atomic E-state index is 11.3. The number of carboxylic acid groups (broad SMARTS) is 1. The first-order chi connectivity index (χ1) is 8.08. The van der Waals surface area contributed by atoms with E-state index in [1.807, 2.05) is 0 Å². The van der Waals surface area contributed by atoms with Gasteiger partial charge in [0.15, 0.2) is 5.54 Å². The molecule has 1 fully saturated rings. The number of carbonyl (C=O) groups is 2. The second kappa shape index (κ2) is 3.97. The van der Waals surface area contributed by atoms with E-state index in [-0.39, 0.29) is 6.54 Å². The zero-order chi connectivity index (χ0) is 12.5. The van der Waals surface area contributed by atoms with Crippen molar-refractivity contribution in [1.29, 1.82) is 0 Å². The smallest absolute Gasteiger partial charge is 0.336 e. The Labute approximate surface area is 97.6 Å². The van der Waals surface area contributed by atoms with Gasteiger partial charge in [-0.3, -0.25) is 0 Å². The van der Waals surface area contributed by atoms with Crippen LogP contribution in [0.15, 0.2) is 24.3 Å². The third-order valence-electron chi connectivity index (χ3n) is 2.79. The van der Waals surface area contributed by atoms with Crippen molar-refractivity contribution in [1.82, 2.24) is 10.6 Å². The molecule has 2 rings (SSSR count). The topological polar surface area (TPSA) is 87.7 Å². The van der Waals surface area contributed by atoms with Crippen LogP contribution in [0, 0.1) is 0 Å². The van der Waals surface area contributed by atoms with Gasteiger partial charge in [-0.15, -0.1) is 0 Å². The van der Waals surface area contributed by atoms with E-state index in [1.165, 1.54) is 7.11 Å². The predicted molar refractivity (Wildman–Crippen MR) is 58.8 cm³/mol. The van der Waals surface area contributed by atoms with Crippen molar-refractivity contribution in [2.45, 2.75) is 5.54 Å². The molecule has 3 N–H and O–H groups in total. The Hall–Kier alpha value is -2.24. The zero-order valence-corrected chi connectivity index (χ0v) is 9.19. The van der Waals surface area contributed by atoms with Gasteiger partial charge < -0.3 is 20.5 Å². The van der Waals surface area contributed by atoms with Crippen LogP contribution in [-0.4, -0.2) is 30.8 Å². The summed E-state index contributed by atoms with van der Waals surface area (Å²) in [4.78, 5) is 22.5. The minimum Gasteiger partial charge on any atom is -0.497 e. The van der Waals surface area contributed by atoms with E-state index in [0.29, 0.717) is 11.3 Å². The fourth-order valence-electron chi connectivity index (χ4n) is 1.80. The average Bonchev–Trinajstić information content (AvgIpc) is 2.73. The van der Waals surface area contributed by atoms with E-state index in [4.69, 9.17) is 4.74 Å². The Bertz CT molecular complexity index is 457. The Kier molecular flexibility index (Phi) is 2.63. The molecule has 1 aliphatic rings. The van der Waals surface area contributed by atoms with Crippen LogP contribution in [0.1, 0.15) is 5.56 Å². The lowest BCUT2D eigenvalue weighted by molar-refractivity contribution is -0.143. The summed E-state index contributed by atoms with van der Waals surface area (Å²) >= 11 is 0. The molecule has 1 heterocycles. The Morgan fingerprint density at radius 3 is 2.47 bits per heavy atom. The van der Waals surface area contributed by atoms with Gasteiger partial charge in [0.2, 0.25) is 0 Å². The Morgan fingerprint density at radius 2 is 2.06 bits per heavy atom. The molecule has 2 amide bonds. The van der Waals surface area contributed by atoms with Crippen LogP contribution in [0.3, 0.4) is 0 Å². The van der Waals surface area contributed by atoms with Crippen LogP contribution >= 0.6 is 0 Å². The number of methoxy groups -OCH3 is 1. The number of amides is 2. The molecule has 0 aliphatic carbocycles. The minimum absolute atomic E-state index is 0.0213. The second-order valence-electron chi connectivity index (χ2n) is 3.75. The summed E-state index contributed by atoms with van der Waals surface area (Å²) in [7, 11) is 1.53. The third kappa shape index (κ3) is 1.77. The molecule has 0 radical (unpaired) electrons. The van der Waals surface area contributed by atoms with Crippen molar-refractivity contribution in [3.8, 4) is 5.75 Å². The predicted octanol–water partition coefficient (Wildman–Crippen LogP) is 0.288. The summed E-state index contributed by atoms with van der Waals surface area (Å²) in [6.45, 7) is 0.0213. The Balaban J connectivity index is 2.39. The first-order valence-corrected chi connectivity index (χ1v) is 5.02. The number of nitrogens with one attached hydrogen (secondary N) is 2. The van der Waals surface area contributed by atoms with Crippen molar-refractivity contribution < 1.29 is 19.4 Å². The quantitative estimate of drug-likeness (QED) is 0.703. The highest BCUT2D eigenvalue weighted by Gasteiger charge is 2.46. The molecule has 1 aromatic carbocycles. The van der Waals surface area contributed by atoms with Gasteiger partial charge in [-0.2, -0.15) is 0 Å². The van der Waals surface area contributed by atoms with Crippen LogP contribution in [0.2, 0.25) is 0 Å². The highest BCUT2D eigenvalue weighted by Crippen LogP contribution is 2.26. The highest BCUT2D eigenvalue weighted by molar-refractivity contribution is 5.91. The monoisotopic (exact) mass is 236 g/mol. The van der Waals surface area contributed by atoms with E-state index in [0.717, 1.165) is 0 Å². The summed E-state index contributed by atoms with van der Waals surface area (Å²) in [5.41, 5.74) is -0.896. The van der Waals surface area contributed by atoms with Crippen LogP contribution in [-0.2, 0) is 10.3 Å². The number of ether oxygens (including phenoxy) is 1. The molecule has 1 atom stereocenters. The van der Waals surface area contributed by atoms with Crippen molar-refractivity contribution in [3.05, 3.63) is 29.8 Å². The molecule has 6 heteroatoms. The van der Waals surface area contributed by atoms with Crippen LogP contribution in [0.5, 0.6) is 5.75 Å². The lowest BCUT2D eigenvalue weighted by Gasteiger charge is -2.23. The third-order valence-corrected chi connectivity index (χ3v) is 2.79. The summed E-state index contributed by atoms with van der Waals surface area (Å²) in [6.07, 6.45) is 0. The van der Waals surface area contributed by atoms with E-state index in [2.05, 4.69) is 10.6 Å². The fourth-order valence-corrected chi connectivity index (χ4v) is 1.80. The van der Waals surface area contributed by atoms with Gasteiger partial charge in [-0.05, 0) is 17.7 Å². The van der Waals surface area contributed by atoms with Gasteiger partial charge >= 0.3 is 12.0 Å². The minimum atomic E-state index is -1.40. The van der Waals surface area contributed by atoms with Gasteiger partial charge in [0, 0.05) is 0 Å². The number of carbonyl (C=O) groups excluding carboxylic acids is 1. The molecule has 17 heavy (non-hydrogen) atoms. The molecule has 0 saturated carbocycles. The molecule has 90 valence electrons. The van der Waals surface area contributed by atoms with Crippen molar-refractivity contribution in [3.63, 3.8) is 0 Å². The number of hydrogen-bond donors (Lipinski definition) is 3. The number of benzene rings is 1. The molecule has 0 aromatic heterocycles. The SMILES string of the molecule is COc1ccc(C2(C(=O)O)CNC(=O)N2)cc1. The van der Waals surface area contributed by atoms with Crippen LogP contribution < -0.4 is 15.4 Å². The fraction of sp³-hybridized carbons (Fsp3) is 0.273. The molecule has 0 spiro atoms. The second-order valence-corrected chi connectivity index (χ2v) is 3.75. The van der Waals surface area contributed by atoms with Crippen LogP contribution in [0.25, 0.3) is 0 Å². The lowest BCUT2D eigenvalue weighted by Crippen LogP contribution is -2.47. The summed E-state index contributed by atoms with van der Waals surface area (Å²) in [6, 6.07) is 6.08. The number of aliphatic carboxylic acids is 1. The molecule has 1 aromatic rings. The van der Waals surface area contributed by atoms with Crippen molar-refractivity contribution >= 4 is 12.0 Å². The van der Waals surface area contributed by atoms with E-state index in [1.54, 1.807) is 24.3 Å². The molecule has 0 bridgehead atoms. The van der Waals surface area contributed by atoms with Crippen LogP contribution in [0.4, 0.5) is 4.79 Å². The standard InChI is InChI=1S/C11H12N2O4/c1-17-8-4-2-7(3-5-8)11(9(14)15)6-12-10(16)13-11/h2-5H,6H2,1H3,(H,14,15)(H2,12,13,16). The van der Waals surface area contributed by atoms with E-state index in [9.17, 15) is 14.7 Å². The molecule has 6 nitrogen and oxygen atoms in total. The Morgan fingerprint density at radius 1 is 1.41 bits per heavy atom. The van der Waals surface area contributed by atoms with Gasteiger partial charge in [0.05, 0.1) is 13.7 Å². The van der Waals surface area contributed by atoms with Gasteiger partial charge in [0.1, 0.15) is 5.75 Å². The summed E-state index contributed by atoms with van der Waals surface area (Å²) in [5, 5.41) is 14.2. The molecule has 1 saturated heterocycles. The maximum Gasteiger partial charge on any atom is 0.336 e. The maximum absolute atomic E-state index is 11.3. The summed E-state index contributed by atoms with van der Waals surface area (Å²) < 4.78 is 5.00. The summed E-state index contributed by atoms with van der Waals surface area (Å²) in [5.74, 6) is -0.465. The highest BCUT2D eigenvalue weighted by atomic mass is 16.5. The van der Waals surface area contributed by atoms with Crippen molar-refractivity contribution in [2.24, 2.45) is 0 Å². The average molecular weight is 236 g/mol. The normalized spacial score (nSPS) is 22.8. The van der Waals surface area contributed by atoms with Gasteiger partial charge in [-0.1, -0.05) is 12.1 Å². The first-order valence-electron chi connectivity index (χ1n) is 5.02. The van der Waals surface area contributed by atoms with Gasteiger partial charge in [0.25, 0.3) is 0 Å².